The average molecular weight is 209 g/mol. The standard InChI is InChI=1S/C11H19N3O/c1-9-5-4-8-13-10(9)11(15)14-7-3-2-6-12/h9-10,13H,2-5,7-8H2,1H3,(H,14,15). The fourth-order valence-electron chi connectivity index (χ4n) is 1.89. The lowest BCUT2D eigenvalue weighted by atomic mass is 9.92. The number of rotatable bonds is 4. The van der Waals surface area contributed by atoms with Gasteiger partial charge in [0.2, 0.25) is 5.91 Å². The molecule has 84 valence electrons. The Bertz CT molecular complexity index is 247. The molecule has 15 heavy (non-hydrogen) atoms. The Hall–Kier alpha value is -1.08. The highest BCUT2D eigenvalue weighted by molar-refractivity contribution is 5.82. The number of nitrogens with zero attached hydrogens (tertiary/aromatic N) is 1. The van der Waals surface area contributed by atoms with E-state index in [1.54, 1.807) is 0 Å². The second-order valence-electron chi connectivity index (χ2n) is 4.10. The quantitative estimate of drug-likeness (QED) is 0.673. The predicted molar refractivity (Wildman–Crippen MR) is 58.0 cm³/mol. The van der Waals surface area contributed by atoms with E-state index in [4.69, 9.17) is 5.26 Å². The highest BCUT2D eigenvalue weighted by atomic mass is 16.2. The zero-order valence-corrected chi connectivity index (χ0v) is 9.25. The van der Waals surface area contributed by atoms with Gasteiger partial charge in [-0.25, -0.2) is 0 Å². The molecule has 1 amide bonds. The lowest BCUT2D eigenvalue weighted by Crippen LogP contribution is -2.51. The first-order valence-electron chi connectivity index (χ1n) is 5.63. The van der Waals surface area contributed by atoms with E-state index in [2.05, 4.69) is 23.6 Å². The molecule has 4 nitrogen and oxygen atoms in total. The van der Waals surface area contributed by atoms with Crippen LogP contribution in [0.3, 0.4) is 0 Å². The summed E-state index contributed by atoms with van der Waals surface area (Å²) in [6, 6.07) is 2.02. The average Bonchev–Trinajstić information content (AvgIpc) is 2.25. The smallest absolute Gasteiger partial charge is 0.237 e. The molecule has 0 aromatic carbocycles. The van der Waals surface area contributed by atoms with Gasteiger partial charge >= 0.3 is 0 Å². The monoisotopic (exact) mass is 209 g/mol. The second-order valence-corrected chi connectivity index (χ2v) is 4.10. The molecule has 1 heterocycles. The molecule has 1 rings (SSSR count). The maximum Gasteiger partial charge on any atom is 0.237 e. The molecule has 0 saturated carbocycles. The van der Waals surface area contributed by atoms with E-state index >= 15 is 0 Å². The molecule has 0 aromatic heterocycles. The molecule has 0 bridgehead atoms. The van der Waals surface area contributed by atoms with E-state index in [0.717, 1.165) is 25.8 Å². The number of piperidine rings is 1. The summed E-state index contributed by atoms with van der Waals surface area (Å²) in [6.07, 6.45) is 3.51. The third-order valence-corrected chi connectivity index (χ3v) is 2.82. The largest absolute Gasteiger partial charge is 0.355 e. The summed E-state index contributed by atoms with van der Waals surface area (Å²) in [5.74, 6) is 0.495. The number of unbranched alkanes of at least 4 members (excludes halogenated alkanes) is 1. The van der Waals surface area contributed by atoms with E-state index in [-0.39, 0.29) is 11.9 Å². The number of amides is 1. The molecule has 4 heteroatoms. The summed E-state index contributed by atoms with van der Waals surface area (Å²) in [6.45, 7) is 3.64. The number of carbonyl (C=O) groups is 1. The van der Waals surface area contributed by atoms with Crippen LogP contribution in [0.25, 0.3) is 0 Å². The van der Waals surface area contributed by atoms with E-state index in [1.807, 2.05) is 0 Å². The minimum absolute atomic E-state index is 0.0409. The van der Waals surface area contributed by atoms with Crippen molar-refractivity contribution in [2.75, 3.05) is 13.1 Å². The van der Waals surface area contributed by atoms with Gasteiger partial charge in [0, 0.05) is 13.0 Å². The zero-order chi connectivity index (χ0) is 11.1. The number of hydrogen-bond donors (Lipinski definition) is 2. The van der Waals surface area contributed by atoms with Crippen LogP contribution < -0.4 is 10.6 Å². The highest BCUT2D eigenvalue weighted by Gasteiger charge is 2.26. The first-order chi connectivity index (χ1) is 7.25. The van der Waals surface area contributed by atoms with Gasteiger partial charge in [0.15, 0.2) is 0 Å². The first-order valence-corrected chi connectivity index (χ1v) is 5.63. The number of carbonyl (C=O) groups excluding carboxylic acids is 1. The van der Waals surface area contributed by atoms with Crippen LogP contribution in [-0.4, -0.2) is 25.0 Å². The second kappa shape index (κ2) is 6.41. The van der Waals surface area contributed by atoms with Gasteiger partial charge < -0.3 is 10.6 Å². The van der Waals surface area contributed by atoms with Crippen molar-refractivity contribution in [1.82, 2.24) is 10.6 Å². The minimum Gasteiger partial charge on any atom is -0.355 e. The molecule has 1 saturated heterocycles. The van der Waals surface area contributed by atoms with Gasteiger partial charge in [-0.1, -0.05) is 6.92 Å². The van der Waals surface area contributed by atoms with E-state index < -0.39 is 0 Å². The summed E-state index contributed by atoms with van der Waals surface area (Å²) in [5.41, 5.74) is 0. The molecule has 1 fully saturated rings. The molecule has 0 aromatic rings. The first kappa shape index (κ1) is 12.0. The molecule has 2 atom stereocenters. The van der Waals surface area contributed by atoms with Crippen molar-refractivity contribution in [3.8, 4) is 6.07 Å². The van der Waals surface area contributed by atoms with Crippen LogP contribution in [0.4, 0.5) is 0 Å². The van der Waals surface area contributed by atoms with Crippen LogP contribution in [0.15, 0.2) is 0 Å². The van der Waals surface area contributed by atoms with Crippen molar-refractivity contribution in [3.63, 3.8) is 0 Å². The number of nitrogens with one attached hydrogen (secondary N) is 2. The van der Waals surface area contributed by atoms with Gasteiger partial charge in [-0.05, 0) is 31.7 Å². The van der Waals surface area contributed by atoms with Crippen molar-refractivity contribution in [1.29, 1.82) is 5.26 Å². The Kier molecular flexibility index (Phi) is 5.13. The maximum absolute atomic E-state index is 11.7. The SMILES string of the molecule is CC1CCCNC1C(=O)NCCCC#N. The van der Waals surface area contributed by atoms with Crippen LogP contribution >= 0.6 is 0 Å². The fourth-order valence-corrected chi connectivity index (χ4v) is 1.89. The summed E-state index contributed by atoms with van der Waals surface area (Å²) in [4.78, 5) is 11.7. The summed E-state index contributed by atoms with van der Waals surface area (Å²) in [5, 5.41) is 14.4. The van der Waals surface area contributed by atoms with Crippen LogP contribution in [0, 0.1) is 17.2 Å². The Labute approximate surface area is 91.0 Å². The Balaban J connectivity index is 2.23. The van der Waals surface area contributed by atoms with Crippen LogP contribution in [0.5, 0.6) is 0 Å². The molecule has 0 spiro atoms. The van der Waals surface area contributed by atoms with Gasteiger partial charge in [-0.3, -0.25) is 4.79 Å². The fraction of sp³-hybridized carbons (Fsp3) is 0.818. The molecular weight excluding hydrogens is 190 g/mol. The normalized spacial score (nSPS) is 25.6. The van der Waals surface area contributed by atoms with E-state index in [0.29, 0.717) is 18.9 Å². The maximum atomic E-state index is 11.7. The number of hydrogen-bond acceptors (Lipinski definition) is 3. The molecule has 2 unspecified atom stereocenters. The zero-order valence-electron chi connectivity index (χ0n) is 9.25. The number of nitriles is 1. The van der Waals surface area contributed by atoms with Crippen LogP contribution in [0.1, 0.15) is 32.6 Å². The van der Waals surface area contributed by atoms with Crippen molar-refractivity contribution >= 4 is 5.91 Å². The molecule has 1 aliphatic rings. The van der Waals surface area contributed by atoms with Crippen molar-refractivity contribution in [2.45, 2.75) is 38.6 Å². The molecule has 0 radical (unpaired) electrons. The Morgan fingerprint density at radius 3 is 3.13 bits per heavy atom. The summed E-state index contributed by atoms with van der Waals surface area (Å²) in [7, 11) is 0. The highest BCUT2D eigenvalue weighted by Crippen LogP contribution is 2.15. The summed E-state index contributed by atoms with van der Waals surface area (Å²) < 4.78 is 0. The summed E-state index contributed by atoms with van der Waals surface area (Å²) >= 11 is 0. The Morgan fingerprint density at radius 2 is 2.47 bits per heavy atom. The van der Waals surface area contributed by atoms with Crippen molar-refractivity contribution in [2.24, 2.45) is 5.92 Å². The van der Waals surface area contributed by atoms with Gasteiger partial charge in [0.25, 0.3) is 0 Å². The lowest BCUT2D eigenvalue weighted by molar-refractivity contribution is -0.124. The molecule has 1 aliphatic heterocycles. The third-order valence-electron chi connectivity index (χ3n) is 2.82. The molecular formula is C11H19N3O. The predicted octanol–water partition coefficient (Wildman–Crippen LogP) is 0.794. The van der Waals surface area contributed by atoms with Crippen LogP contribution in [-0.2, 0) is 4.79 Å². The topological polar surface area (TPSA) is 64.9 Å². The van der Waals surface area contributed by atoms with E-state index in [9.17, 15) is 4.79 Å². The van der Waals surface area contributed by atoms with Crippen molar-refractivity contribution < 1.29 is 4.79 Å². The van der Waals surface area contributed by atoms with Gasteiger partial charge in [0.05, 0.1) is 12.1 Å². The van der Waals surface area contributed by atoms with Gasteiger partial charge in [0.1, 0.15) is 0 Å². The lowest BCUT2D eigenvalue weighted by Gasteiger charge is -2.28. The molecule has 0 aliphatic carbocycles. The van der Waals surface area contributed by atoms with Crippen molar-refractivity contribution in [3.05, 3.63) is 0 Å². The van der Waals surface area contributed by atoms with Gasteiger partial charge in [-0.2, -0.15) is 5.26 Å². The Morgan fingerprint density at radius 1 is 1.67 bits per heavy atom. The molecule has 2 N–H and O–H groups in total. The third kappa shape index (κ3) is 3.88. The van der Waals surface area contributed by atoms with Crippen LogP contribution in [0.2, 0.25) is 0 Å². The minimum atomic E-state index is -0.0409. The van der Waals surface area contributed by atoms with E-state index in [1.165, 1.54) is 0 Å². The van der Waals surface area contributed by atoms with Gasteiger partial charge in [-0.15, -0.1) is 0 Å².